The molecular formula is C17H29N. The van der Waals surface area contributed by atoms with E-state index in [1.165, 1.54) is 44.1 Å². The molecule has 1 rings (SSSR count). The highest BCUT2D eigenvalue weighted by Crippen LogP contribution is 2.19. The average molecular weight is 247 g/mol. The van der Waals surface area contributed by atoms with Crippen molar-refractivity contribution in [1.82, 2.24) is 5.32 Å². The fourth-order valence-corrected chi connectivity index (χ4v) is 2.58. The van der Waals surface area contributed by atoms with Gasteiger partial charge in [0.2, 0.25) is 0 Å². The van der Waals surface area contributed by atoms with E-state index in [1.54, 1.807) is 0 Å². The van der Waals surface area contributed by atoms with Crippen LogP contribution in [0.2, 0.25) is 0 Å². The zero-order chi connectivity index (χ0) is 13.3. The molecule has 0 radical (unpaired) electrons. The molecule has 0 amide bonds. The van der Waals surface area contributed by atoms with Crippen LogP contribution < -0.4 is 5.32 Å². The maximum atomic E-state index is 3.77. The van der Waals surface area contributed by atoms with Gasteiger partial charge >= 0.3 is 0 Å². The third kappa shape index (κ3) is 4.81. The molecule has 0 unspecified atom stereocenters. The summed E-state index contributed by atoms with van der Waals surface area (Å²) in [5.74, 6) is 0. The van der Waals surface area contributed by atoms with Gasteiger partial charge in [0, 0.05) is 5.54 Å². The standard InChI is InChI=1S/C17H29N/c1-4-17(5-2,6-3)18-15-11-10-14-16-12-8-7-9-13-16/h7-9,12-13,18H,4-6,10-11,14-15H2,1-3H3. The number of benzene rings is 1. The summed E-state index contributed by atoms with van der Waals surface area (Å²) >= 11 is 0. The lowest BCUT2D eigenvalue weighted by molar-refractivity contribution is 0.288. The van der Waals surface area contributed by atoms with Crippen LogP contribution in [-0.2, 0) is 6.42 Å². The van der Waals surface area contributed by atoms with Gasteiger partial charge in [-0.05, 0) is 50.6 Å². The SMILES string of the molecule is CCC(CC)(CC)NCCCCc1ccccc1. The Balaban J connectivity index is 2.18. The number of nitrogens with one attached hydrogen (secondary N) is 1. The molecule has 0 saturated heterocycles. The Morgan fingerprint density at radius 3 is 2.06 bits per heavy atom. The largest absolute Gasteiger partial charge is 0.311 e. The van der Waals surface area contributed by atoms with Crippen LogP contribution in [0.25, 0.3) is 0 Å². The molecule has 0 saturated carbocycles. The maximum Gasteiger partial charge on any atom is 0.0173 e. The molecule has 1 N–H and O–H groups in total. The zero-order valence-electron chi connectivity index (χ0n) is 12.3. The highest BCUT2D eigenvalue weighted by molar-refractivity contribution is 5.14. The van der Waals surface area contributed by atoms with E-state index in [0.717, 1.165) is 6.54 Å². The first-order chi connectivity index (χ1) is 8.76. The molecular weight excluding hydrogens is 218 g/mol. The van der Waals surface area contributed by atoms with Crippen molar-refractivity contribution in [2.24, 2.45) is 0 Å². The summed E-state index contributed by atoms with van der Waals surface area (Å²) < 4.78 is 0. The lowest BCUT2D eigenvalue weighted by atomic mass is 9.89. The van der Waals surface area contributed by atoms with E-state index in [1.807, 2.05) is 0 Å². The minimum Gasteiger partial charge on any atom is -0.311 e. The molecule has 0 fully saturated rings. The normalized spacial score (nSPS) is 11.7. The van der Waals surface area contributed by atoms with Crippen LogP contribution in [0.15, 0.2) is 30.3 Å². The van der Waals surface area contributed by atoms with Crippen molar-refractivity contribution < 1.29 is 0 Å². The van der Waals surface area contributed by atoms with Gasteiger partial charge in [0.1, 0.15) is 0 Å². The number of hydrogen-bond acceptors (Lipinski definition) is 1. The van der Waals surface area contributed by atoms with Crippen LogP contribution in [0.4, 0.5) is 0 Å². The average Bonchev–Trinajstić information content (AvgIpc) is 2.45. The van der Waals surface area contributed by atoms with Crippen molar-refractivity contribution >= 4 is 0 Å². The summed E-state index contributed by atoms with van der Waals surface area (Å²) in [5, 5.41) is 3.77. The van der Waals surface area contributed by atoms with Crippen LogP contribution in [0.1, 0.15) is 58.4 Å². The van der Waals surface area contributed by atoms with E-state index in [4.69, 9.17) is 0 Å². The van der Waals surface area contributed by atoms with E-state index in [0.29, 0.717) is 5.54 Å². The van der Waals surface area contributed by atoms with Gasteiger partial charge in [0.15, 0.2) is 0 Å². The van der Waals surface area contributed by atoms with E-state index in [-0.39, 0.29) is 0 Å². The van der Waals surface area contributed by atoms with Crippen molar-refractivity contribution in [2.45, 2.75) is 64.8 Å². The predicted octanol–water partition coefficient (Wildman–Crippen LogP) is 4.57. The quantitative estimate of drug-likeness (QED) is 0.630. The molecule has 0 aromatic heterocycles. The van der Waals surface area contributed by atoms with Gasteiger partial charge in [-0.1, -0.05) is 51.1 Å². The summed E-state index contributed by atoms with van der Waals surface area (Å²) in [6.07, 6.45) is 7.47. The number of aryl methyl sites for hydroxylation is 1. The third-order valence-corrected chi connectivity index (χ3v) is 4.27. The van der Waals surface area contributed by atoms with Gasteiger partial charge in [0.05, 0.1) is 0 Å². The first kappa shape index (κ1) is 15.2. The first-order valence-electron chi connectivity index (χ1n) is 7.55. The van der Waals surface area contributed by atoms with Crippen LogP contribution in [0, 0.1) is 0 Å². The minimum atomic E-state index is 0.382. The predicted molar refractivity (Wildman–Crippen MR) is 81.0 cm³/mol. The topological polar surface area (TPSA) is 12.0 Å². The first-order valence-corrected chi connectivity index (χ1v) is 7.55. The summed E-state index contributed by atoms with van der Waals surface area (Å²) in [6, 6.07) is 10.8. The van der Waals surface area contributed by atoms with Crippen molar-refractivity contribution in [3.63, 3.8) is 0 Å². The molecule has 102 valence electrons. The lowest BCUT2D eigenvalue weighted by Gasteiger charge is -2.32. The number of rotatable bonds is 9. The summed E-state index contributed by atoms with van der Waals surface area (Å²) in [4.78, 5) is 0. The zero-order valence-corrected chi connectivity index (χ0v) is 12.3. The highest BCUT2D eigenvalue weighted by atomic mass is 15.0. The monoisotopic (exact) mass is 247 g/mol. The van der Waals surface area contributed by atoms with Gasteiger partial charge in [0.25, 0.3) is 0 Å². The van der Waals surface area contributed by atoms with Gasteiger partial charge in [-0.25, -0.2) is 0 Å². The van der Waals surface area contributed by atoms with Crippen molar-refractivity contribution in [3.8, 4) is 0 Å². The fraction of sp³-hybridized carbons (Fsp3) is 0.647. The van der Waals surface area contributed by atoms with Crippen LogP contribution >= 0.6 is 0 Å². The second-order valence-corrected chi connectivity index (χ2v) is 5.21. The Bertz CT molecular complexity index is 292. The highest BCUT2D eigenvalue weighted by Gasteiger charge is 2.21. The smallest absolute Gasteiger partial charge is 0.0173 e. The molecule has 0 aliphatic heterocycles. The van der Waals surface area contributed by atoms with E-state index >= 15 is 0 Å². The molecule has 0 aliphatic rings. The summed E-state index contributed by atoms with van der Waals surface area (Å²) in [7, 11) is 0. The Hall–Kier alpha value is -0.820. The van der Waals surface area contributed by atoms with Gasteiger partial charge in [-0.3, -0.25) is 0 Å². The molecule has 18 heavy (non-hydrogen) atoms. The number of unbranched alkanes of at least 4 members (excludes halogenated alkanes) is 1. The second kappa shape index (κ2) is 8.31. The molecule has 0 heterocycles. The molecule has 1 aromatic carbocycles. The van der Waals surface area contributed by atoms with E-state index < -0.39 is 0 Å². The van der Waals surface area contributed by atoms with Crippen molar-refractivity contribution in [2.75, 3.05) is 6.54 Å². The fourth-order valence-electron chi connectivity index (χ4n) is 2.58. The molecule has 0 bridgehead atoms. The minimum absolute atomic E-state index is 0.382. The third-order valence-electron chi connectivity index (χ3n) is 4.27. The van der Waals surface area contributed by atoms with Gasteiger partial charge in [-0.2, -0.15) is 0 Å². The molecule has 1 heteroatoms. The lowest BCUT2D eigenvalue weighted by Crippen LogP contribution is -2.44. The molecule has 0 spiro atoms. The van der Waals surface area contributed by atoms with Crippen molar-refractivity contribution in [3.05, 3.63) is 35.9 Å². The van der Waals surface area contributed by atoms with Crippen LogP contribution in [0.3, 0.4) is 0 Å². The maximum absolute atomic E-state index is 3.77. The molecule has 0 aliphatic carbocycles. The Labute approximate surface area is 113 Å². The second-order valence-electron chi connectivity index (χ2n) is 5.21. The molecule has 0 atom stereocenters. The summed E-state index contributed by atoms with van der Waals surface area (Å²) in [5.41, 5.74) is 1.84. The Morgan fingerprint density at radius 1 is 0.889 bits per heavy atom. The van der Waals surface area contributed by atoms with Crippen molar-refractivity contribution in [1.29, 1.82) is 0 Å². The van der Waals surface area contributed by atoms with E-state index in [9.17, 15) is 0 Å². The van der Waals surface area contributed by atoms with Gasteiger partial charge < -0.3 is 5.32 Å². The summed E-state index contributed by atoms with van der Waals surface area (Å²) in [6.45, 7) is 8.04. The molecule has 1 nitrogen and oxygen atoms in total. The Kier molecular flexibility index (Phi) is 7.04. The molecule has 1 aromatic rings. The Morgan fingerprint density at radius 2 is 1.50 bits per heavy atom. The van der Waals surface area contributed by atoms with E-state index in [2.05, 4.69) is 56.4 Å². The van der Waals surface area contributed by atoms with Crippen LogP contribution in [0.5, 0.6) is 0 Å². The number of hydrogen-bond donors (Lipinski definition) is 1. The van der Waals surface area contributed by atoms with Crippen LogP contribution in [-0.4, -0.2) is 12.1 Å². The van der Waals surface area contributed by atoms with Gasteiger partial charge in [-0.15, -0.1) is 0 Å².